The van der Waals surface area contributed by atoms with Crippen molar-refractivity contribution >= 4 is 17.5 Å². The molecule has 0 fully saturated rings. The van der Waals surface area contributed by atoms with Crippen LogP contribution in [0, 0.1) is 0 Å². The molecule has 76 valence electrons. The first-order valence-corrected chi connectivity index (χ1v) is 3.74. The number of hydrogen-bond acceptors (Lipinski definition) is 4. The molecule has 0 radical (unpaired) electrons. The first-order chi connectivity index (χ1) is 5.77. The summed E-state index contributed by atoms with van der Waals surface area (Å²) < 4.78 is 0. The van der Waals surface area contributed by atoms with Gasteiger partial charge in [-0.2, -0.15) is 0 Å². The van der Waals surface area contributed by atoms with Gasteiger partial charge in [-0.25, -0.2) is 0 Å². The normalized spacial score (nSPS) is 10.8. The summed E-state index contributed by atoms with van der Waals surface area (Å²) in [6.45, 7) is 4.23. The number of Topliss-reactive ketones (excluding diaryl/α,β-unsaturated/α-hetero) is 2. The summed E-state index contributed by atoms with van der Waals surface area (Å²) in [5.74, 6) is -1.09. The molecule has 0 saturated carbocycles. The molecule has 0 aliphatic rings. The summed E-state index contributed by atoms with van der Waals surface area (Å²) in [4.78, 5) is 29.6. The first-order valence-electron chi connectivity index (χ1n) is 3.74. The number of carbonyl (C=O) groups excluding carboxylic acids is 2. The van der Waals surface area contributed by atoms with E-state index in [1.54, 1.807) is 0 Å². The third kappa shape index (κ3) is 18.1. The van der Waals surface area contributed by atoms with Gasteiger partial charge in [0.15, 0.2) is 0 Å². The molecule has 0 bridgehead atoms. The third-order valence-electron chi connectivity index (χ3n) is 0.887. The fraction of sp³-hybridized carbons (Fsp3) is 0.625. The molecule has 0 rings (SSSR count). The van der Waals surface area contributed by atoms with Crippen molar-refractivity contribution < 1.29 is 19.5 Å². The smallest absolute Gasteiger partial charge is 0.320 e. The number of carbonyl (C=O) groups is 3. The lowest BCUT2D eigenvalue weighted by atomic mass is 10.2. The van der Waals surface area contributed by atoms with Crippen LogP contribution in [0.1, 0.15) is 27.2 Å². The minimum Gasteiger partial charge on any atom is -0.480 e. The number of carboxylic acids is 1. The Bertz CT molecular complexity index is 186. The largest absolute Gasteiger partial charge is 0.480 e. The van der Waals surface area contributed by atoms with Crippen LogP contribution in [0.25, 0.3) is 0 Å². The lowest BCUT2D eigenvalue weighted by Crippen LogP contribution is -2.25. The second-order valence-corrected chi connectivity index (χ2v) is 2.71. The SMILES string of the molecule is CC(=O)CC(C)=O.CC(N)C(=O)O. The molecule has 0 saturated heterocycles. The van der Waals surface area contributed by atoms with Crippen LogP contribution in [-0.2, 0) is 14.4 Å². The maximum Gasteiger partial charge on any atom is 0.320 e. The van der Waals surface area contributed by atoms with Gasteiger partial charge in [0.25, 0.3) is 0 Å². The lowest BCUT2D eigenvalue weighted by molar-refractivity contribution is -0.138. The molecular weight excluding hydrogens is 174 g/mol. The lowest BCUT2D eigenvalue weighted by Gasteiger charge is -1.90. The van der Waals surface area contributed by atoms with Crippen molar-refractivity contribution in [3.63, 3.8) is 0 Å². The fourth-order valence-electron chi connectivity index (χ4n) is 0.351. The van der Waals surface area contributed by atoms with Crippen LogP contribution >= 0.6 is 0 Å². The minimum absolute atomic E-state index is 0.0625. The average Bonchev–Trinajstić information content (AvgIpc) is 1.84. The van der Waals surface area contributed by atoms with Gasteiger partial charge in [-0.15, -0.1) is 0 Å². The Balaban J connectivity index is 0. The van der Waals surface area contributed by atoms with Gasteiger partial charge in [-0.3, -0.25) is 14.4 Å². The van der Waals surface area contributed by atoms with E-state index in [4.69, 9.17) is 10.8 Å². The van der Waals surface area contributed by atoms with Crippen LogP contribution in [0.5, 0.6) is 0 Å². The molecule has 0 heterocycles. The van der Waals surface area contributed by atoms with Gasteiger partial charge >= 0.3 is 5.97 Å². The Kier molecular flexibility index (Phi) is 8.16. The molecule has 0 aromatic carbocycles. The zero-order chi connectivity index (χ0) is 11.0. The first kappa shape index (κ1) is 14.3. The average molecular weight is 189 g/mol. The van der Waals surface area contributed by atoms with Gasteiger partial charge in [0.05, 0.1) is 6.42 Å². The van der Waals surface area contributed by atoms with E-state index >= 15 is 0 Å². The predicted molar refractivity (Wildman–Crippen MR) is 47.3 cm³/mol. The molecule has 0 aliphatic heterocycles. The Morgan fingerprint density at radius 2 is 1.46 bits per heavy atom. The fourth-order valence-corrected chi connectivity index (χ4v) is 0.351. The summed E-state index contributed by atoms with van der Waals surface area (Å²) in [7, 11) is 0. The molecule has 0 aromatic heterocycles. The number of rotatable bonds is 3. The van der Waals surface area contributed by atoms with Crippen molar-refractivity contribution in [3.05, 3.63) is 0 Å². The molecule has 1 atom stereocenters. The van der Waals surface area contributed by atoms with Crippen molar-refractivity contribution in [2.75, 3.05) is 0 Å². The number of hydrogen-bond donors (Lipinski definition) is 2. The van der Waals surface area contributed by atoms with Gasteiger partial charge in [-0.05, 0) is 20.8 Å². The van der Waals surface area contributed by atoms with Crippen LogP contribution in [0.4, 0.5) is 0 Å². The van der Waals surface area contributed by atoms with E-state index < -0.39 is 12.0 Å². The van der Waals surface area contributed by atoms with Crippen molar-refractivity contribution in [1.82, 2.24) is 0 Å². The maximum absolute atomic E-state index is 10.0. The van der Waals surface area contributed by atoms with E-state index in [0.717, 1.165) is 0 Å². The number of carboxylic acid groups (broad SMARTS) is 1. The monoisotopic (exact) mass is 189 g/mol. The van der Waals surface area contributed by atoms with E-state index in [1.165, 1.54) is 20.8 Å². The second-order valence-electron chi connectivity index (χ2n) is 2.71. The van der Waals surface area contributed by atoms with E-state index in [2.05, 4.69) is 0 Å². The maximum atomic E-state index is 10.0. The van der Waals surface area contributed by atoms with Crippen molar-refractivity contribution in [2.24, 2.45) is 5.73 Å². The van der Waals surface area contributed by atoms with Crippen LogP contribution in [0.3, 0.4) is 0 Å². The number of aliphatic carboxylic acids is 1. The van der Waals surface area contributed by atoms with Crippen molar-refractivity contribution in [3.8, 4) is 0 Å². The highest BCUT2D eigenvalue weighted by Crippen LogP contribution is 1.80. The molecular formula is C8H15NO4. The molecule has 5 heteroatoms. The van der Waals surface area contributed by atoms with Crippen molar-refractivity contribution in [2.45, 2.75) is 33.2 Å². The van der Waals surface area contributed by atoms with Crippen LogP contribution in [0.15, 0.2) is 0 Å². The molecule has 0 spiro atoms. The molecule has 0 aromatic rings. The Hall–Kier alpha value is -1.23. The summed E-state index contributed by atoms with van der Waals surface area (Å²) in [5, 5.41) is 7.87. The van der Waals surface area contributed by atoms with E-state index in [1.807, 2.05) is 0 Å². The summed E-state index contributed by atoms with van der Waals surface area (Å²) >= 11 is 0. The molecule has 5 nitrogen and oxygen atoms in total. The van der Waals surface area contributed by atoms with Gasteiger partial charge in [0.1, 0.15) is 17.6 Å². The zero-order valence-electron chi connectivity index (χ0n) is 8.03. The third-order valence-corrected chi connectivity index (χ3v) is 0.887. The topological polar surface area (TPSA) is 97.5 Å². The standard InChI is InChI=1S/C5H8O2.C3H7NO2/c1-4(6)3-5(2)7;1-2(4)3(5)6/h3H2,1-2H3;2H,4H2,1H3,(H,5,6). The van der Waals surface area contributed by atoms with E-state index in [-0.39, 0.29) is 18.0 Å². The highest BCUT2D eigenvalue weighted by molar-refractivity contribution is 5.96. The second kappa shape index (κ2) is 7.42. The quantitative estimate of drug-likeness (QED) is 0.608. The molecule has 0 amide bonds. The molecule has 1 unspecified atom stereocenters. The Labute approximate surface area is 76.9 Å². The summed E-state index contributed by atoms with van der Waals surface area (Å²) in [6, 6.07) is -0.731. The Morgan fingerprint density at radius 3 is 1.46 bits per heavy atom. The van der Waals surface area contributed by atoms with Gasteiger partial charge in [0, 0.05) is 0 Å². The highest BCUT2D eigenvalue weighted by Gasteiger charge is 1.99. The Morgan fingerprint density at radius 1 is 1.23 bits per heavy atom. The number of nitrogens with two attached hydrogens (primary N) is 1. The van der Waals surface area contributed by atoms with Crippen LogP contribution in [-0.4, -0.2) is 28.7 Å². The van der Waals surface area contributed by atoms with Crippen LogP contribution in [0.2, 0.25) is 0 Å². The van der Waals surface area contributed by atoms with Gasteiger partial charge in [-0.1, -0.05) is 0 Å². The molecule has 0 aliphatic carbocycles. The minimum atomic E-state index is -0.963. The van der Waals surface area contributed by atoms with Crippen LogP contribution < -0.4 is 5.73 Å². The van der Waals surface area contributed by atoms with E-state index in [9.17, 15) is 14.4 Å². The zero-order valence-corrected chi connectivity index (χ0v) is 8.03. The molecule has 13 heavy (non-hydrogen) atoms. The van der Waals surface area contributed by atoms with Gasteiger partial charge < -0.3 is 10.8 Å². The predicted octanol–water partition coefficient (Wildman–Crippen LogP) is -0.0273. The van der Waals surface area contributed by atoms with E-state index in [0.29, 0.717) is 0 Å². The van der Waals surface area contributed by atoms with Gasteiger partial charge in [0.2, 0.25) is 0 Å². The molecule has 3 N–H and O–H groups in total. The highest BCUT2D eigenvalue weighted by atomic mass is 16.4. The number of ketones is 2. The summed E-state index contributed by atoms with van der Waals surface area (Å²) in [5.41, 5.74) is 4.84. The van der Waals surface area contributed by atoms with Crippen molar-refractivity contribution in [1.29, 1.82) is 0 Å². The summed E-state index contributed by atoms with van der Waals surface area (Å²) in [6.07, 6.45) is 0.0833.